The predicted octanol–water partition coefficient (Wildman–Crippen LogP) is 0.992. The number of anilines is 1. The van der Waals surface area contributed by atoms with Crippen molar-refractivity contribution < 1.29 is 19.1 Å². The van der Waals surface area contributed by atoms with E-state index in [0.717, 1.165) is 0 Å². The van der Waals surface area contributed by atoms with Crippen LogP contribution in [0.25, 0.3) is 0 Å². The van der Waals surface area contributed by atoms with Crippen LogP contribution in [0.4, 0.5) is 5.69 Å². The molecule has 1 aliphatic rings. The van der Waals surface area contributed by atoms with Gasteiger partial charge in [-0.05, 0) is 37.6 Å². The average molecular weight is 380 g/mol. The number of thioether (sulfide) groups is 1. The molecule has 5 N–H and O–H groups in total. The van der Waals surface area contributed by atoms with Crippen molar-refractivity contribution in [3.8, 4) is 0 Å². The van der Waals surface area contributed by atoms with Crippen LogP contribution in [0.2, 0.25) is 0 Å². The molecule has 0 aliphatic carbocycles. The summed E-state index contributed by atoms with van der Waals surface area (Å²) in [6.07, 6.45) is 0.380. The van der Waals surface area contributed by atoms with Gasteiger partial charge in [0.2, 0.25) is 11.8 Å². The van der Waals surface area contributed by atoms with Crippen LogP contribution in [-0.2, 0) is 14.3 Å². The van der Waals surface area contributed by atoms with E-state index in [4.69, 9.17) is 10.5 Å². The Bertz CT molecular complexity index is 653. The van der Waals surface area contributed by atoms with E-state index in [-0.39, 0.29) is 23.5 Å². The van der Waals surface area contributed by atoms with Crippen molar-refractivity contribution in [3.63, 3.8) is 0 Å². The molecule has 1 fully saturated rings. The number of nitrogens with two attached hydrogens (primary N) is 1. The van der Waals surface area contributed by atoms with Gasteiger partial charge in [-0.15, -0.1) is 11.8 Å². The maximum absolute atomic E-state index is 12.5. The topological polar surface area (TPSA) is 123 Å². The fourth-order valence-corrected chi connectivity index (χ4v) is 3.56. The number of hydrogen-bond acceptors (Lipinski definition) is 7. The SMILES string of the molecule is CCOC(=O)c1ccc(NC(=O)C(CC)SC2NC(=O)CC(N)N2)cc1. The first-order chi connectivity index (χ1) is 12.4. The van der Waals surface area contributed by atoms with Crippen LogP contribution >= 0.6 is 11.8 Å². The van der Waals surface area contributed by atoms with Crippen LogP contribution in [0.1, 0.15) is 37.0 Å². The fourth-order valence-electron chi connectivity index (χ4n) is 2.41. The Balaban J connectivity index is 1.94. The molecule has 0 aromatic heterocycles. The van der Waals surface area contributed by atoms with Crippen molar-refractivity contribution in [1.29, 1.82) is 0 Å². The zero-order valence-electron chi connectivity index (χ0n) is 14.8. The maximum atomic E-state index is 12.5. The zero-order valence-corrected chi connectivity index (χ0v) is 15.6. The summed E-state index contributed by atoms with van der Waals surface area (Å²) in [4.78, 5) is 35.7. The fraction of sp³-hybridized carbons (Fsp3) is 0.471. The molecular weight excluding hydrogens is 356 g/mol. The standard InChI is InChI=1S/C17H24N4O4S/c1-3-12(26-17-20-13(18)9-14(22)21-17)15(23)19-11-7-5-10(6-8-11)16(24)25-4-2/h5-8,12-13,17,20H,3-4,9,18H2,1-2H3,(H,19,23)(H,21,22). The minimum Gasteiger partial charge on any atom is -0.462 e. The lowest BCUT2D eigenvalue weighted by atomic mass is 10.2. The van der Waals surface area contributed by atoms with Crippen molar-refractivity contribution in [1.82, 2.24) is 10.6 Å². The number of carbonyl (C=O) groups is 3. The number of esters is 1. The lowest BCUT2D eigenvalue weighted by Crippen LogP contribution is -2.58. The highest BCUT2D eigenvalue weighted by Crippen LogP contribution is 2.22. The molecule has 0 saturated carbocycles. The second-order valence-corrected chi connectivity index (χ2v) is 7.06. The van der Waals surface area contributed by atoms with Gasteiger partial charge in [0.25, 0.3) is 0 Å². The number of benzene rings is 1. The van der Waals surface area contributed by atoms with Gasteiger partial charge in [0.05, 0.1) is 30.0 Å². The molecule has 0 bridgehead atoms. The van der Waals surface area contributed by atoms with Crippen LogP contribution in [0, 0.1) is 0 Å². The Morgan fingerprint density at radius 1 is 1.35 bits per heavy atom. The summed E-state index contributed by atoms with van der Waals surface area (Å²) in [7, 11) is 0. The van der Waals surface area contributed by atoms with Crippen LogP contribution in [0.5, 0.6) is 0 Å². The van der Waals surface area contributed by atoms with Gasteiger partial charge in [0.1, 0.15) is 5.50 Å². The number of rotatable bonds is 7. The summed E-state index contributed by atoms with van der Waals surface area (Å²) in [5.41, 5.74) is 6.37. The number of carbonyl (C=O) groups excluding carboxylic acids is 3. The summed E-state index contributed by atoms with van der Waals surface area (Å²) >= 11 is 1.31. The van der Waals surface area contributed by atoms with Gasteiger partial charge < -0.3 is 21.1 Å². The van der Waals surface area contributed by atoms with Gasteiger partial charge in [-0.25, -0.2) is 4.79 Å². The first kappa shape index (κ1) is 20.2. The molecule has 1 saturated heterocycles. The summed E-state index contributed by atoms with van der Waals surface area (Å²) in [6, 6.07) is 6.50. The van der Waals surface area contributed by atoms with Gasteiger partial charge in [-0.2, -0.15) is 0 Å². The van der Waals surface area contributed by atoms with Crippen LogP contribution in [0.15, 0.2) is 24.3 Å². The third-order valence-corrected chi connectivity index (χ3v) is 5.09. The summed E-state index contributed by atoms with van der Waals surface area (Å²) in [5.74, 6) is -0.724. The summed E-state index contributed by atoms with van der Waals surface area (Å²) < 4.78 is 4.93. The van der Waals surface area contributed by atoms with Gasteiger partial charge in [-0.1, -0.05) is 6.92 Å². The molecule has 1 aromatic carbocycles. The highest BCUT2D eigenvalue weighted by Gasteiger charge is 2.28. The van der Waals surface area contributed by atoms with Crippen LogP contribution in [0.3, 0.4) is 0 Å². The molecule has 8 nitrogen and oxygen atoms in total. The Labute approximate surface area is 156 Å². The van der Waals surface area contributed by atoms with E-state index in [1.807, 2.05) is 6.92 Å². The molecular formula is C17H24N4O4S. The van der Waals surface area contributed by atoms with Gasteiger partial charge in [0, 0.05) is 5.69 Å². The minimum absolute atomic E-state index is 0.140. The molecule has 0 spiro atoms. The largest absolute Gasteiger partial charge is 0.462 e. The van der Waals surface area contributed by atoms with E-state index in [1.165, 1.54) is 11.8 Å². The van der Waals surface area contributed by atoms with Crippen molar-refractivity contribution in [2.24, 2.45) is 5.73 Å². The Morgan fingerprint density at radius 3 is 2.62 bits per heavy atom. The first-order valence-corrected chi connectivity index (χ1v) is 9.41. The second kappa shape index (κ2) is 9.56. The highest BCUT2D eigenvalue weighted by molar-refractivity contribution is 8.01. The molecule has 1 heterocycles. The third kappa shape index (κ3) is 5.72. The molecule has 142 valence electrons. The van der Waals surface area contributed by atoms with Crippen molar-refractivity contribution in [2.45, 2.75) is 43.6 Å². The zero-order chi connectivity index (χ0) is 19.1. The predicted molar refractivity (Wildman–Crippen MR) is 100 cm³/mol. The Hall–Kier alpha value is -2.10. The van der Waals surface area contributed by atoms with Crippen molar-refractivity contribution >= 4 is 35.2 Å². The number of ether oxygens (including phenoxy) is 1. The molecule has 26 heavy (non-hydrogen) atoms. The summed E-state index contributed by atoms with van der Waals surface area (Å²) in [5, 5.41) is 8.25. The van der Waals surface area contributed by atoms with E-state index < -0.39 is 17.6 Å². The van der Waals surface area contributed by atoms with Crippen molar-refractivity contribution in [2.75, 3.05) is 11.9 Å². The average Bonchev–Trinajstić information content (AvgIpc) is 2.59. The van der Waals surface area contributed by atoms with Gasteiger partial charge >= 0.3 is 5.97 Å². The minimum atomic E-state index is -0.419. The lowest BCUT2D eigenvalue weighted by molar-refractivity contribution is -0.123. The van der Waals surface area contributed by atoms with Crippen LogP contribution < -0.4 is 21.7 Å². The summed E-state index contributed by atoms with van der Waals surface area (Å²) in [6.45, 7) is 3.94. The molecule has 1 aromatic rings. The van der Waals surface area contributed by atoms with Gasteiger partial charge in [0.15, 0.2) is 0 Å². The normalized spacial score (nSPS) is 20.8. The molecule has 2 amide bonds. The van der Waals surface area contributed by atoms with Crippen LogP contribution in [-0.4, -0.2) is 41.3 Å². The maximum Gasteiger partial charge on any atom is 0.338 e. The Kier molecular flexibility index (Phi) is 7.43. The van der Waals surface area contributed by atoms with E-state index in [2.05, 4.69) is 16.0 Å². The highest BCUT2D eigenvalue weighted by atomic mass is 32.2. The van der Waals surface area contributed by atoms with Crippen molar-refractivity contribution in [3.05, 3.63) is 29.8 Å². The molecule has 3 unspecified atom stereocenters. The van der Waals surface area contributed by atoms with E-state index in [0.29, 0.717) is 24.3 Å². The molecule has 9 heteroatoms. The van der Waals surface area contributed by atoms with Gasteiger partial charge in [-0.3, -0.25) is 14.9 Å². The number of nitrogens with one attached hydrogen (secondary N) is 3. The molecule has 3 atom stereocenters. The molecule has 2 rings (SSSR count). The lowest BCUT2D eigenvalue weighted by Gasteiger charge is -2.30. The van der Waals surface area contributed by atoms with E-state index in [1.54, 1.807) is 31.2 Å². The third-order valence-electron chi connectivity index (χ3n) is 3.69. The van der Waals surface area contributed by atoms with E-state index in [9.17, 15) is 14.4 Å². The number of amides is 2. The van der Waals surface area contributed by atoms with E-state index >= 15 is 0 Å². The number of hydrogen-bond donors (Lipinski definition) is 4. The second-order valence-electron chi connectivity index (χ2n) is 5.74. The first-order valence-electron chi connectivity index (χ1n) is 8.47. The smallest absolute Gasteiger partial charge is 0.338 e. The Morgan fingerprint density at radius 2 is 2.04 bits per heavy atom. The monoisotopic (exact) mass is 380 g/mol. The quantitative estimate of drug-likeness (QED) is 0.520. The molecule has 0 radical (unpaired) electrons. The molecule has 1 aliphatic heterocycles.